The Labute approximate surface area is 114 Å². The highest BCUT2D eigenvalue weighted by Crippen LogP contribution is 2.22. The van der Waals surface area contributed by atoms with Crippen LogP contribution < -0.4 is 4.74 Å². The van der Waals surface area contributed by atoms with Gasteiger partial charge in [-0.15, -0.1) is 0 Å². The fourth-order valence-corrected chi connectivity index (χ4v) is 1.92. The molecule has 3 rings (SSSR count). The van der Waals surface area contributed by atoms with Crippen LogP contribution in [0.4, 0.5) is 0 Å². The third-order valence-corrected chi connectivity index (χ3v) is 2.99. The van der Waals surface area contributed by atoms with Gasteiger partial charge in [0.05, 0.1) is 16.1 Å². The molecule has 0 unspecified atom stereocenters. The van der Waals surface area contributed by atoms with E-state index in [9.17, 15) is 0 Å². The summed E-state index contributed by atoms with van der Waals surface area (Å²) in [5, 5.41) is 1.50. The summed E-state index contributed by atoms with van der Waals surface area (Å²) in [6.07, 6.45) is 5.01. The minimum Gasteiger partial charge on any atom is -0.471 e. The number of hydrogen-bond donors (Lipinski definition) is 0. The number of fused-ring (bicyclic) bond motifs is 1. The van der Waals surface area contributed by atoms with Crippen molar-refractivity contribution in [1.29, 1.82) is 0 Å². The topological polar surface area (TPSA) is 52.8 Å². The number of aryl methyl sites for hydroxylation is 1. The molecule has 3 heterocycles. The molecule has 96 valence electrons. The molecule has 0 aliphatic carbocycles. The van der Waals surface area contributed by atoms with E-state index in [1.165, 1.54) is 6.33 Å². The van der Waals surface area contributed by atoms with Crippen molar-refractivity contribution < 1.29 is 4.74 Å². The SMILES string of the molecule is Cn1ccc2c(OCc3ccc(Cl)cn3)ncnc21. The fourth-order valence-electron chi connectivity index (χ4n) is 1.80. The van der Waals surface area contributed by atoms with Gasteiger partial charge in [0.1, 0.15) is 18.6 Å². The largest absolute Gasteiger partial charge is 0.471 e. The normalized spacial score (nSPS) is 10.8. The Morgan fingerprint density at radius 1 is 1.21 bits per heavy atom. The first-order valence-electron chi connectivity index (χ1n) is 5.73. The Balaban J connectivity index is 1.83. The van der Waals surface area contributed by atoms with Gasteiger partial charge in [0.2, 0.25) is 5.88 Å². The van der Waals surface area contributed by atoms with Gasteiger partial charge in [-0.05, 0) is 18.2 Å². The van der Waals surface area contributed by atoms with E-state index >= 15 is 0 Å². The van der Waals surface area contributed by atoms with Gasteiger partial charge in [0.25, 0.3) is 0 Å². The first-order valence-corrected chi connectivity index (χ1v) is 6.11. The van der Waals surface area contributed by atoms with Gasteiger partial charge in [-0.25, -0.2) is 9.97 Å². The number of rotatable bonds is 3. The van der Waals surface area contributed by atoms with Crippen LogP contribution in [0.5, 0.6) is 5.88 Å². The molecule has 0 fully saturated rings. The highest BCUT2D eigenvalue weighted by atomic mass is 35.5. The molecule has 0 amide bonds. The predicted molar refractivity (Wildman–Crippen MR) is 72.1 cm³/mol. The zero-order valence-electron chi connectivity index (χ0n) is 10.2. The van der Waals surface area contributed by atoms with E-state index < -0.39 is 0 Å². The Kier molecular flexibility index (Phi) is 3.05. The van der Waals surface area contributed by atoms with Crippen LogP contribution in [0.25, 0.3) is 11.0 Å². The molecule has 0 N–H and O–H groups in total. The van der Waals surface area contributed by atoms with Crippen molar-refractivity contribution in [3.8, 4) is 5.88 Å². The van der Waals surface area contributed by atoms with Crippen molar-refractivity contribution in [3.05, 3.63) is 47.6 Å². The quantitative estimate of drug-likeness (QED) is 0.737. The van der Waals surface area contributed by atoms with Crippen LogP contribution in [0.2, 0.25) is 5.02 Å². The van der Waals surface area contributed by atoms with E-state index in [1.807, 2.05) is 29.9 Å². The van der Waals surface area contributed by atoms with E-state index in [2.05, 4.69) is 15.0 Å². The van der Waals surface area contributed by atoms with E-state index in [0.717, 1.165) is 16.7 Å². The summed E-state index contributed by atoms with van der Waals surface area (Å²) in [5.74, 6) is 0.558. The van der Waals surface area contributed by atoms with E-state index in [0.29, 0.717) is 17.5 Å². The van der Waals surface area contributed by atoms with Crippen LogP contribution in [0.3, 0.4) is 0 Å². The maximum absolute atomic E-state index is 5.78. The lowest BCUT2D eigenvalue weighted by atomic mass is 10.3. The molecule has 0 radical (unpaired) electrons. The Bertz CT molecular complexity index is 708. The van der Waals surface area contributed by atoms with Crippen molar-refractivity contribution in [2.24, 2.45) is 7.05 Å². The number of nitrogens with zero attached hydrogens (tertiary/aromatic N) is 4. The number of aromatic nitrogens is 4. The average molecular weight is 275 g/mol. The summed E-state index contributed by atoms with van der Waals surface area (Å²) in [5.41, 5.74) is 1.64. The first kappa shape index (κ1) is 11.9. The molecule has 5 nitrogen and oxygen atoms in total. The molecule has 0 saturated heterocycles. The Morgan fingerprint density at radius 2 is 2.11 bits per heavy atom. The van der Waals surface area contributed by atoms with Gasteiger partial charge in [-0.2, -0.15) is 0 Å². The lowest BCUT2D eigenvalue weighted by Crippen LogP contribution is -2.00. The summed E-state index contributed by atoms with van der Waals surface area (Å²) in [7, 11) is 1.93. The van der Waals surface area contributed by atoms with Gasteiger partial charge in [0.15, 0.2) is 0 Å². The summed E-state index contributed by atoms with van der Waals surface area (Å²) in [6.45, 7) is 0.345. The van der Waals surface area contributed by atoms with Crippen LogP contribution in [0.1, 0.15) is 5.69 Å². The molecule has 6 heteroatoms. The number of pyridine rings is 1. The van der Waals surface area contributed by atoms with Crippen molar-refractivity contribution in [2.45, 2.75) is 6.61 Å². The molecular weight excluding hydrogens is 264 g/mol. The lowest BCUT2D eigenvalue weighted by Gasteiger charge is -2.05. The molecule has 0 bridgehead atoms. The van der Waals surface area contributed by atoms with Crippen molar-refractivity contribution in [1.82, 2.24) is 19.5 Å². The number of ether oxygens (including phenoxy) is 1. The minimum atomic E-state index is 0.345. The minimum absolute atomic E-state index is 0.345. The van der Waals surface area contributed by atoms with Crippen LogP contribution in [-0.4, -0.2) is 19.5 Å². The molecule has 19 heavy (non-hydrogen) atoms. The lowest BCUT2D eigenvalue weighted by molar-refractivity contribution is 0.293. The molecule has 3 aromatic rings. The zero-order chi connectivity index (χ0) is 13.2. The summed E-state index contributed by atoms with van der Waals surface area (Å²) >= 11 is 5.78. The van der Waals surface area contributed by atoms with Crippen LogP contribution in [-0.2, 0) is 13.7 Å². The van der Waals surface area contributed by atoms with Crippen molar-refractivity contribution in [2.75, 3.05) is 0 Å². The zero-order valence-corrected chi connectivity index (χ0v) is 11.0. The molecule has 0 aromatic carbocycles. The van der Waals surface area contributed by atoms with Crippen molar-refractivity contribution in [3.63, 3.8) is 0 Å². The highest BCUT2D eigenvalue weighted by Gasteiger charge is 2.08. The van der Waals surface area contributed by atoms with Crippen LogP contribution in [0.15, 0.2) is 36.9 Å². The van der Waals surface area contributed by atoms with E-state index in [1.54, 1.807) is 12.3 Å². The second kappa shape index (κ2) is 4.85. The molecule has 0 atom stereocenters. The number of hydrogen-bond acceptors (Lipinski definition) is 4. The monoisotopic (exact) mass is 274 g/mol. The molecular formula is C13H11ClN4O. The highest BCUT2D eigenvalue weighted by molar-refractivity contribution is 6.30. The molecule has 0 spiro atoms. The molecule has 0 aliphatic rings. The summed E-state index contributed by atoms with van der Waals surface area (Å²) in [4.78, 5) is 12.5. The Hall–Kier alpha value is -2.14. The third-order valence-electron chi connectivity index (χ3n) is 2.77. The molecule has 0 saturated carbocycles. The average Bonchev–Trinajstić information content (AvgIpc) is 2.81. The fraction of sp³-hybridized carbons (Fsp3) is 0.154. The van der Waals surface area contributed by atoms with Gasteiger partial charge in [-0.3, -0.25) is 4.98 Å². The summed E-state index contributed by atoms with van der Waals surface area (Å²) in [6, 6.07) is 5.54. The summed E-state index contributed by atoms with van der Waals surface area (Å²) < 4.78 is 7.61. The number of halogens is 1. The molecule has 3 aromatic heterocycles. The van der Waals surface area contributed by atoms with Crippen LogP contribution >= 0.6 is 11.6 Å². The predicted octanol–water partition coefficient (Wildman–Crippen LogP) is 2.60. The third kappa shape index (κ3) is 2.37. The van der Waals surface area contributed by atoms with E-state index in [4.69, 9.17) is 16.3 Å². The van der Waals surface area contributed by atoms with Gasteiger partial charge in [0, 0.05) is 19.4 Å². The molecule has 0 aliphatic heterocycles. The Morgan fingerprint density at radius 3 is 2.89 bits per heavy atom. The van der Waals surface area contributed by atoms with Gasteiger partial charge >= 0.3 is 0 Å². The maximum Gasteiger partial charge on any atom is 0.226 e. The van der Waals surface area contributed by atoms with Gasteiger partial charge < -0.3 is 9.30 Å². The van der Waals surface area contributed by atoms with Crippen molar-refractivity contribution >= 4 is 22.6 Å². The standard InChI is InChI=1S/C13H11ClN4O/c1-18-5-4-11-12(18)16-8-17-13(11)19-7-10-3-2-9(14)6-15-10/h2-6,8H,7H2,1H3. The van der Waals surface area contributed by atoms with E-state index in [-0.39, 0.29) is 0 Å². The second-order valence-electron chi connectivity index (χ2n) is 4.10. The maximum atomic E-state index is 5.78. The van der Waals surface area contributed by atoms with Gasteiger partial charge in [-0.1, -0.05) is 11.6 Å². The first-order chi connectivity index (χ1) is 9.24. The van der Waals surface area contributed by atoms with Crippen LogP contribution in [0, 0.1) is 0 Å². The smallest absolute Gasteiger partial charge is 0.226 e. The second-order valence-corrected chi connectivity index (χ2v) is 4.54.